The Morgan fingerprint density at radius 3 is 2.56 bits per heavy atom. The van der Waals surface area contributed by atoms with E-state index in [0.29, 0.717) is 19.8 Å². The standard InChI is InChI=1S/C20H24N4O3/c25-19(13-16-4-2-1-3-5-16)23-15-20(26)22-14-17-6-7-21-18(12-17)24-8-10-27-11-9-24/h1-7,12H,8-11,13-15H2,(H,22,26)(H,23,25). The fraction of sp³-hybridized carbons (Fsp3) is 0.350. The van der Waals surface area contributed by atoms with E-state index in [1.165, 1.54) is 0 Å². The molecule has 0 unspecified atom stereocenters. The fourth-order valence-corrected chi connectivity index (χ4v) is 2.82. The number of nitrogens with one attached hydrogen (secondary N) is 2. The molecule has 3 rings (SSSR count). The van der Waals surface area contributed by atoms with Crippen LogP contribution in [-0.2, 0) is 27.3 Å². The molecule has 1 aliphatic rings. The molecule has 2 N–H and O–H groups in total. The van der Waals surface area contributed by atoms with E-state index in [9.17, 15) is 9.59 Å². The highest BCUT2D eigenvalue weighted by Crippen LogP contribution is 2.14. The van der Waals surface area contributed by atoms with Crippen LogP contribution < -0.4 is 15.5 Å². The van der Waals surface area contributed by atoms with Crippen molar-refractivity contribution in [3.05, 3.63) is 59.8 Å². The molecule has 27 heavy (non-hydrogen) atoms. The summed E-state index contributed by atoms with van der Waals surface area (Å²) in [5.74, 6) is 0.497. The van der Waals surface area contributed by atoms with Crippen molar-refractivity contribution in [2.75, 3.05) is 37.7 Å². The molecule has 7 nitrogen and oxygen atoms in total. The number of pyridine rings is 1. The highest BCUT2D eigenvalue weighted by Gasteiger charge is 2.13. The smallest absolute Gasteiger partial charge is 0.239 e. The molecular formula is C20H24N4O3. The minimum atomic E-state index is -0.221. The number of aromatic nitrogens is 1. The number of morpholine rings is 1. The van der Waals surface area contributed by atoms with E-state index in [1.54, 1.807) is 6.20 Å². The first-order valence-corrected chi connectivity index (χ1v) is 9.05. The first-order valence-electron chi connectivity index (χ1n) is 9.05. The number of carbonyl (C=O) groups is 2. The number of benzene rings is 1. The van der Waals surface area contributed by atoms with Gasteiger partial charge in [0, 0.05) is 25.8 Å². The maximum atomic E-state index is 12.0. The third kappa shape index (κ3) is 6.07. The first-order chi connectivity index (χ1) is 13.2. The van der Waals surface area contributed by atoms with Crippen LogP contribution in [0.2, 0.25) is 0 Å². The van der Waals surface area contributed by atoms with Gasteiger partial charge in [-0.25, -0.2) is 4.98 Å². The number of anilines is 1. The molecule has 2 amide bonds. The quantitative estimate of drug-likeness (QED) is 0.759. The van der Waals surface area contributed by atoms with Gasteiger partial charge in [0.2, 0.25) is 11.8 Å². The SMILES string of the molecule is O=C(CNC(=O)Cc1ccccc1)NCc1ccnc(N2CCOCC2)c1. The van der Waals surface area contributed by atoms with Gasteiger partial charge >= 0.3 is 0 Å². The van der Waals surface area contributed by atoms with Crippen molar-refractivity contribution >= 4 is 17.6 Å². The number of hydrogen-bond acceptors (Lipinski definition) is 5. The summed E-state index contributed by atoms with van der Waals surface area (Å²) < 4.78 is 5.35. The van der Waals surface area contributed by atoms with E-state index < -0.39 is 0 Å². The van der Waals surface area contributed by atoms with Gasteiger partial charge in [0.15, 0.2) is 0 Å². The Morgan fingerprint density at radius 2 is 1.78 bits per heavy atom. The molecule has 1 saturated heterocycles. The van der Waals surface area contributed by atoms with Crippen molar-refractivity contribution in [3.8, 4) is 0 Å². The predicted molar refractivity (Wildman–Crippen MR) is 102 cm³/mol. The summed E-state index contributed by atoms with van der Waals surface area (Å²) in [6.45, 7) is 3.39. The van der Waals surface area contributed by atoms with Crippen molar-refractivity contribution in [2.24, 2.45) is 0 Å². The highest BCUT2D eigenvalue weighted by molar-refractivity contribution is 5.85. The molecule has 2 heterocycles. The Kier molecular flexibility index (Phi) is 6.76. The zero-order valence-corrected chi connectivity index (χ0v) is 15.2. The maximum Gasteiger partial charge on any atom is 0.239 e. The van der Waals surface area contributed by atoms with Crippen LogP contribution in [0.4, 0.5) is 5.82 Å². The molecule has 1 fully saturated rings. The van der Waals surface area contributed by atoms with Gasteiger partial charge in [0.05, 0.1) is 26.2 Å². The maximum absolute atomic E-state index is 12.0. The predicted octanol–water partition coefficient (Wildman–Crippen LogP) is 0.893. The second-order valence-corrected chi connectivity index (χ2v) is 6.34. The van der Waals surface area contributed by atoms with Crippen LogP contribution in [-0.4, -0.2) is 49.6 Å². The molecule has 0 saturated carbocycles. The molecule has 2 aromatic rings. The number of carbonyl (C=O) groups excluding carboxylic acids is 2. The number of rotatable bonds is 7. The molecule has 1 aromatic carbocycles. The largest absolute Gasteiger partial charge is 0.378 e. The van der Waals surface area contributed by atoms with Crippen LogP contribution in [0.3, 0.4) is 0 Å². The van der Waals surface area contributed by atoms with E-state index >= 15 is 0 Å². The van der Waals surface area contributed by atoms with Gasteiger partial charge in [0.25, 0.3) is 0 Å². The molecule has 0 aliphatic carbocycles. The third-order valence-corrected chi connectivity index (χ3v) is 4.29. The Morgan fingerprint density at radius 1 is 1.00 bits per heavy atom. The summed E-state index contributed by atoms with van der Waals surface area (Å²) in [7, 11) is 0. The van der Waals surface area contributed by atoms with Crippen LogP contribution in [0.15, 0.2) is 48.7 Å². The Labute approximate surface area is 158 Å². The molecule has 1 aliphatic heterocycles. The van der Waals surface area contributed by atoms with Crippen molar-refractivity contribution in [1.82, 2.24) is 15.6 Å². The van der Waals surface area contributed by atoms with Crippen LogP contribution in [0, 0.1) is 0 Å². The summed E-state index contributed by atoms with van der Waals surface area (Å²) in [4.78, 5) is 30.4. The lowest BCUT2D eigenvalue weighted by Gasteiger charge is -2.28. The van der Waals surface area contributed by atoms with Gasteiger partial charge in [-0.05, 0) is 23.3 Å². The Balaban J connectivity index is 1.41. The molecule has 1 aromatic heterocycles. The van der Waals surface area contributed by atoms with E-state index in [4.69, 9.17) is 4.74 Å². The number of nitrogens with zero attached hydrogens (tertiary/aromatic N) is 2. The van der Waals surface area contributed by atoms with Gasteiger partial charge in [-0.1, -0.05) is 30.3 Å². The second-order valence-electron chi connectivity index (χ2n) is 6.34. The number of hydrogen-bond donors (Lipinski definition) is 2. The van der Waals surface area contributed by atoms with Gasteiger partial charge < -0.3 is 20.3 Å². The minimum Gasteiger partial charge on any atom is -0.378 e. The van der Waals surface area contributed by atoms with Crippen LogP contribution in [0.1, 0.15) is 11.1 Å². The lowest BCUT2D eigenvalue weighted by atomic mass is 10.1. The zero-order chi connectivity index (χ0) is 18.9. The molecule has 142 valence electrons. The van der Waals surface area contributed by atoms with Gasteiger partial charge in [-0.15, -0.1) is 0 Å². The minimum absolute atomic E-state index is 0.0347. The summed E-state index contributed by atoms with van der Waals surface area (Å²) in [6, 6.07) is 13.3. The third-order valence-electron chi connectivity index (χ3n) is 4.29. The second kappa shape index (κ2) is 9.68. The van der Waals surface area contributed by atoms with Crippen LogP contribution >= 0.6 is 0 Å². The number of ether oxygens (including phenoxy) is 1. The summed E-state index contributed by atoms with van der Waals surface area (Å²) in [6.07, 6.45) is 2.01. The fourth-order valence-electron chi connectivity index (χ4n) is 2.82. The highest BCUT2D eigenvalue weighted by atomic mass is 16.5. The molecule has 7 heteroatoms. The molecule has 0 radical (unpaired) electrons. The molecular weight excluding hydrogens is 344 g/mol. The summed E-state index contributed by atoms with van der Waals surface area (Å²) in [5, 5.41) is 5.47. The Hall–Kier alpha value is -2.93. The Bertz CT molecular complexity index is 761. The first kappa shape index (κ1) is 18.8. The monoisotopic (exact) mass is 368 g/mol. The van der Waals surface area contributed by atoms with Crippen molar-refractivity contribution < 1.29 is 14.3 Å². The van der Waals surface area contributed by atoms with Crippen molar-refractivity contribution in [1.29, 1.82) is 0 Å². The lowest BCUT2D eigenvalue weighted by Crippen LogP contribution is -2.37. The molecule has 0 bridgehead atoms. The normalized spacial score (nSPS) is 13.9. The van der Waals surface area contributed by atoms with Gasteiger partial charge in [0.1, 0.15) is 5.82 Å². The van der Waals surface area contributed by atoms with Crippen molar-refractivity contribution in [2.45, 2.75) is 13.0 Å². The van der Waals surface area contributed by atoms with Crippen molar-refractivity contribution in [3.63, 3.8) is 0 Å². The summed E-state index contributed by atoms with van der Waals surface area (Å²) >= 11 is 0. The van der Waals surface area contributed by atoms with Gasteiger partial charge in [-0.3, -0.25) is 9.59 Å². The zero-order valence-electron chi connectivity index (χ0n) is 15.2. The number of amides is 2. The topological polar surface area (TPSA) is 83.6 Å². The summed E-state index contributed by atoms with van der Waals surface area (Å²) in [5.41, 5.74) is 1.89. The van der Waals surface area contributed by atoms with E-state index in [0.717, 1.165) is 30.0 Å². The van der Waals surface area contributed by atoms with E-state index in [2.05, 4.69) is 20.5 Å². The average Bonchev–Trinajstić information content (AvgIpc) is 2.72. The van der Waals surface area contributed by atoms with E-state index in [-0.39, 0.29) is 24.8 Å². The lowest BCUT2D eigenvalue weighted by molar-refractivity contribution is -0.125. The average molecular weight is 368 g/mol. The van der Waals surface area contributed by atoms with E-state index in [1.807, 2.05) is 42.5 Å². The van der Waals surface area contributed by atoms with Gasteiger partial charge in [-0.2, -0.15) is 0 Å². The van der Waals surface area contributed by atoms with Crippen LogP contribution in [0.25, 0.3) is 0 Å². The molecule has 0 atom stereocenters. The molecule has 0 spiro atoms. The van der Waals surface area contributed by atoms with Crippen LogP contribution in [0.5, 0.6) is 0 Å².